The van der Waals surface area contributed by atoms with E-state index in [4.69, 9.17) is 9.63 Å². The van der Waals surface area contributed by atoms with Crippen molar-refractivity contribution in [3.63, 3.8) is 0 Å². The van der Waals surface area contributed by atoms with Crippen LogP contribution in [0.5, 0.6) is 0 Å². The molecule has 1 heterocycles. The van der Waals surface area contributed by atoms with Crippen LogP contribution in [0.15, 0.2) is 4.52 Å². The summed E-state index contributed by atoms with van der Waals surface area (Å²) in [6.45, 7) is 12.1. The third-order valence-electron chi connectivity index (χ3n) is 2.81. The average molecular weight is 255 g/mol. The summed E-state index contributed by atoms with van der Waals surface area (Å²) in [6, 6.07) is 0.390. The van der Waals surface area contributed by atoms with Crippen molar-refractivity contribution in [2.75, 3.05) is 13.2 Å². The Morgan fingerprint density at radius 3 is 2.44 bits per heavy atom. The standard InChI is InChI=1S/C13H25N3O2/c1-10(2)16(7-6-8-17)9-11-14-12(15-18-11)13(3,4)5/h10,17H,6-9H2,1-5H3. The minimum absolute atomic E-state index is 0.0878. The van der Waals surface area contributed by atoms with Gasteiger partial charge in [-0.2, -0.15) is 4.98 Å². The minimum Gasteiger partial charge on any atom is -0.396 e. The van der Waals surface area contributed by atoms with E-state index in [-0.39, 0.29) is 12.0 Å². The van der Waals surface area contributed by atoms with Crippen molar-refractivity contribution in [1.82, 2.24) is 15.0 Å². The van der Waals surface area contributed by atoms with Crippen molar-refractivity contribution in [2.45, 2.75) is 59.0 Å². The second kappa shape index (κ2) is 6.29. The Labute approximate surface area is 109 Å². The van der Waals surface area contributed by atoms with Crippen LogP contribution in [-0.2, 0) is 12.0 Å². The molecule has 1 rings (SSSR count). The first kappa shape index (κ1) is 15.1. The molecule has 5 heteroatoms. The quantitative estimate of drug-likeness (QED) is 0.842. The second-order valence-electron chi connectivity index (χ2n) is 5.90. The summed E-state index contributed by atoms with van der Waals surface area (Å²) < 4.78 is 5.29. The summed E-state index contributed by atoms with van der Waals surface area (Å²) in [5.74, 6) is 1.38. The Hall–Kier alpha value is -0.940. The third-order valence-corrected chi connectivity index (χ3v) is 2.81. The highest BCUT2D eigenvalue weighted by atomic mass is 16.5. The summed E-state index contributed by atoms with van der Waals surface area (Å²) >= 11 is 0. The zero-order chi connectivity index (χ0) is 13.8. The van der Waals surface area contributed by atoms with Crippen LogP contribution < -0.4 is 0 Å². The highest BCUT2D eigenvalue weighted by Gasteiger charge is 2.22. The molecule has 0 aliphatic rings. The minimum atomic E-state index is -0.0878. The maximum atomic E-state index is 8.90. The molecule has 1 aromatic heterocycles. The number of hydrogen-bond acceptors (Lipinski definition) is 5. The zero-order valence-electron chi connectivity index (χ0n) is 12.1. The lowest BCUT2D eigenvalue weighted by Gasteiger charge is -2.24. The zero-order valence-corrected chi connectivity index (χ0v) is 12.1. The fourth-order valence-corrected chi connectivity index (χ4v) is 1.59. The second-order valence-corrected chi connectivity index (χ2v) is 5.90. The average Bonchev–Trinajstić information content (AvgIpc) is 2.71. The first-order chi connectivity index (χ1) is 8.34. The molecule has 0 amide bonds. The van der Waals surface area contributed by atoms with E-state index in [2.05, 4.69) is 49.7 Å². The Morgan fingerprint density at radius 2 is 2.00 bits per heavy atom. The molecular weight excluding hydrogens is 230 g/mol. The predicted molar refractivity (Wildman–Crippen MR) is 70.2 cm³/mol. The van der Waals surface area contributed by atoms with Crippen LogP contribution in [0.2, 0.25) is 0 Å². The number of aliphatic hydroxyl groups is 1. The fraction of sp³-hybridized carbons (Fsp3) is 0.846. The predicted octanol–water partition coefficient (Wildman–Crippen LogP) is 1.96. The normalized spacial score (nSPS) is 12.7. The molecule has 0 radical (unpaired) electrons. The molecule has 1 N–H and O–H groups in total. The van der Waals surface area contributed by atoms with Gasteiger partial charge in [0, 0.05) is 24.6 Å². The fourth-order valence-electron chi connectivity index (χ4n) is 1.59. The summed E-state index contributed by atoms with van der Waals surface area (Å²) in [4.78, 5) is 6.65. The van der Waals surface area contributed by atoms with E-state index >= 15 is 0 Å². The smallest absolute Gasteiger partial charge is 0.240 e. The van der Waals surface area contributed by atoms with Gasteiger partial charge in [0.25, 0.3) is 0 Å². The number of aliphatic hydroxyl groups excluding tert-OH is 1. The summed E-state index contributed by atoms with van der Waals surface area (Å²) in [7, 11) is 0. The van der Waals surface area contributed by atoms with Gasteiger partial charge in [0.2, 0.25) is 5.89 Å². The van der Waals surface area contributed by atoms with E-state index in [1.165, 1.54) is 0 Å². The van der Waals surface area contributed by atoms with Gasteiger partial charge in [-0.15, -0.1) is 0 Å². The highest BCUT2D eigenvalue weighted by molar-refractivity contribution is 4.99. The summed E-state index contributed by atoms with van der Waals surface area (Å²) in [5, 5.41) is 12.9. The molecule has 0 aliphatic heterocycles. The van der Waals surface area contributed by atoms with Crippen molar-refractivity contribution < 1.29 is 9.63 Å². The lowest BCUT2D eigenvalue weighted by molar-refractivity contribution is 0.165. The topological polar surface area (TPSA) is 62.4 Å². The maximum absolute atomic E-state index is 8.90. The van der Waals surface area contributed by atoms with Crippen LogP contribution in [0.4, 0.5) is 0 Å². The van der Waals surface area contributed by atoms with Crippen molar-refractivity contribution in [1.29, 1.82) is 0 Å². The molecule has 0 unspecified atom stereocenters. The molecule has 5 nitrogen and oxygen atoms in total. The molecule has 18 heavy (non-hydrogen) atoms. The Bertz CT molecular complexity index is 355. The molecule has 0 atom stereocenters. The highest BCUT2D eigenvalue weighted by Crippen LogP contribution is 2.19. The number of rotatable bonds is 6. The number of aromatic nitrogens is 2. The summed E-state index contributed by atoms with van der Waals surface area (Å²) in [6.07, 6.45) is 0.762. The van der Waals surface area contributed by atoms with Crippen LogP contribution in [0, 0.1) is 0 Å². The van der Waals surface area contributed by atoms with Gasteiger partial charge in [0.05, 0.1) is 6.54 Å². The van der Waals surface area contributed by atoms with Gasteiger partial charge in [-0.25, -0.2) is 0 Å². The molecular formula is C13H25N3O2. The Kier molecular flexibility index (Phi) is 5.28. The van der Waals surface area contributed by atoms with Crippen LogP contribution in [0.3, 0.4) is 0 Å². The first-order valence-corrected chi connectivity index (χ1v) is 6.52. The van der Waals surface area contributed by atoms with Gasteiger partial charge < -0.3 is 9.63 Å². The van der Waals surface area contributed by atoms with E-state index in [9.17, 15) is 0 Å². The maximum Gasteiger partial charge on any atom is 0.240 e. The number of nitrogens with zero attached hydrogens (tertiary/aromatic N) is 3. The molecule has 0 fully saturated rings. The van der Waals surface area contributed by atoms with E-state index in [1.807, 2.05) is 0 Å². The van der Waals surface area contributed by atoms with Crippen LogP contribution in [-0.4, -0.2) is 39.3 Å². The molecule has 1 aromatic rings. The number of hydrogen-bond donors (Lipinski definition) is 1. The third kappa shape index (κ3) is 4.38. The first-order valence-electron chi connectivity index (χ1n) is 6.52. The Balaban J connectivity index is 2.66. The van der Waals surface area contributed by atoms with Gasteiger partial charge >= 0.3 is 0 Å². The van der Waals surface area contributed by atoms with Crippen molar-refractivity contribution in [2.24, 2.45) is 0 Å². The lowest BCUT2D eigenvalue weighted by atomic mass is 9.96. The lowest BCUT2D eigenvalue weighted by Crippen LogP contribution is -2.32. The molecule has 0 spiro atoms. The largest absolute Gasteiger partial charge is 0.396 e. The van der Waals surface area contributed by atoms with Gasteiger partial charge in [0.1, 0.15) is 0 Å². The van der Waals surface area contributed by atoms with Gasteiger partial charge in [-0.3, -0.25) is 4.90 Å². The van der Waals surface area contributed by atoms with Crippen molar-refractivity contribution >= 4 is 0 Å². The van der Waals surface area contributed by atoms with Gasteiger partial charge in [0.15, 0.2) is 5.82 Å². The molecule has 104 valence electrons. The van der Waals surface area contributed by atoms with Crippen molar-refractivity contribution in [3.8, 4) is 0 Å². The molecule has 0 aromatic carbocycles. The Morgan fingerprint density at radius 1 is 1.33 bits per heavy atom. The monoisotopic (exact) mass is 255 g/mol. The molecule has 0 saturated heterocycles. The molecule has 0 aliphatic carbocycles. The van der Waals surface area contributed by atoms with Crippen molar-refractivity contribution in [3.05, 3.63) is 11.7 Å². The van der Waals surface area contributed by atoms with E-state index in [0.29, 0.717) is 18.5 Å². The van der Waals surface area contributed by atoms with E-state index < -0.39 is 0 Å². The van der Waals surface area contributed by atoms with Crippen LogP contribution >= 0.6 is 0 Å². The molecule has 0 saturated carbocycles. The van der Waals surface area contributed by atoms with Gasteiger partial charge in [-0.05, 0) is 20.3 Å². The van der Waals surface area contributed by atoms with Gasteiger partial charge in [-0.1, -0.05) is 25.9 Å². The summed E-state index contributed by atoms with van der Waals surface area (Å²) in [5.41, 5.74) is -0.0878. The SMILES string of the molecule is CC(C)N(CCCO)Cc1nc(C(C)(C)C)no1. The van der Waals surface area contributed by atoms with Crippen LogP contribution in [0.1, 0.15) is 52.8 Å². The molecule has 0 bridgehead atoms. The van der Waals surface area contributed by atoms with E-state index in [1.54, 1.807) is 0 Å². The van der Waals surface area contributed by atoms with Crippen LogP contribution in [0.25, 0.3) is 0 Å². The van der Waals surface area contributed by atoms with E-state index in [0.717, 1.165) is 18.8 Å².